The molecule has 1 aliphatic rings. The smallest absolute Gasteiger partial charge is 0.303 e. The largest absolute Gasteiger partial charge is 0.481 e. The SMILES string of the molecule is CC1(C)C(=C(c2ccc(F)cc2)c2ccc(F)cc2)CC[C@@H]1CC(=O)O. The number of allylic oxidation sites excluding steroid dienone is 1. The number of carboxylic acid groups (broad SMARTS) is 1. The van der Waals surface area contributed by atoms with Gasteiger partial charge in [0.15, 0.2) is 0 Å². The van der Waals surface area contributed by atoms with E-state index >= 15 is 0 Å². The van der Waals surface area contributed by atoms with Gasteiger partial charge >= 0.3 is 5.97 Å². The number of carboxylic acids is 1. The molecule has 0 spiro atoms. The number of hydrogen-bond acceptors (Lipinski definition) is 1. The van der Waals surface area contributed by atoms with Crippen molar-refractivity contribution in [2.24, 2.45) is 11.3 Å². The predicted octanol–water partition coefficient (Wildman–Crippen LogP) is 5.68. The van der Waals surface area contributed by atoms with Crippen LogP contribution in [-0.2, 0) is 4.79 Å². The first-order valence-electron chi connectivity index (χ1n) is 8.76. The van der Waals surface area contributed by atoms with Crippen LogP contribution in [0.4, 0.5) is 8.78 Å². The first kappa shape index (κ1) is 18.3. The molecule has 0 heterocycles. The van der Waals surface area contributed by atoms with Crippen molar-refractivity contribution >= 4 is 11.5 Å². The van der Waals surface area contributed by atoms with E-state index in [4.69, 9.17) is 0 Å². The Bertz CT molecular complexity index is 786. The van der Waals surface area contributed by atoms with Crippen molar-refractivity contribution in [1.82, 2.24) is 0 Å². The molecular weight excluding hydrogens is 334 g/mol. The summed E-state index contributed by atoms with van der Waals surface area (Å²) < 4.78 is 26.8. The minimum Gasteiger partial charge on any atom is -0.481 e. The van der Waals surface area contributed by atoms with Crippen molar-refractivity contribution in [2.75, 3.05) is 0 Å². The maximum atomic E-state index is 13.4. The first-order valence-corrected chi connectivity index (χ1v) is 8.76. The Hall–Kier alpha value is -2.49. The average Bonchev–Trinajstić information content (AvgIpc) is 2.86. The number of rotatable bonds is 4. The fraction of sp³-hybridized carbons (Fsp3) is 0.318. The van der Waals surface area contributed by atoms with Crippen molar-refractivity contribution in [3.05, 3.63) is 76.9 Å². The summed E-state index contributed by atoms with van der Waals surface area (Å²) >= 11 is 0. The summed E-state index contributed by atoms with van der Waals surface area (Å²) in [5.41, 5.74) is 3.50. The maximum Gasteiger partial charge on any atom is 0.303 e. The van der Waals surface area contributed by atoms with Gasteiger partial charge in [-0.25, -0.2) is 8.78 Å². The molecule has 2 nitrogen and oxygen atoms in total. The standard InChI is InChI=1S/C22H22F2O2/c1-22(2)16(13-20(25)26)7-12-19(22)21(14-3-8-17(23)9-4-14)15-5-10-18(24)11-6-15/h3-6,8-11,16H,7,12-13H2,1-2H3,(H,25,26)/t16-/m1/s1. The lowest BCUT2D eigenvalue weighted by atomic mass is 9.74. The lowest BCUT2D eigenvalue weighted by Gasteiger charge is -2.30. The molecule has 0 amide bonds. The van der Waals surface area contributed by atoms with Crippen LogP contribution in [0.2, 0.25) is 0 Å². The zero-order valence-electron chi connectivity index (χ0n) is 14.9. The van der Waals surface area contributed by atoms with Crippen LogP contribution in [0.25, 0.3) is 5.57 Å². The number of hydrogen-bond donors (Lipinski definition) is 1. The van der Waals surface area contributed by atoms with Gasteiger partial charge in [0, 0.05) is 6.42 Å². The van der Waals surface area contributed by atoms with Gasteiger partial charge in [0.25, 0.3) is 0 Å². The quantitative estimate of drug-likeness (QED) is 0.765. The zero-order valence-corrected chi connectivity index (χ0v) is 14.9. The van der Waals surface area contributed by atoms with Gasteiger partial charge in [0.1, 0.15) is 11.6 Å². The van der Waals surface area contributed by atoms with E-state index in [0.29, 0.717) is 0 Å². The lowest BCUT2D eigenvalue weighted by Crippen LogP contribution is -2.23. The van der Waals surface area contributed by atoms with Crippen LogP contribution in [0, 0.1) is 23.0 Å². The molecule has 2 aromatic carbocycles. The van der Waals surface area contributed by atoms with Crippen LogP contribution in [0.15, 0.2) is 54.1 Å². The van der Waals surface area contributed by atoms with Crippen LogP contribution in [0.5, 0.6) is 0 Å². The molecule has 136 valence electrons. The Morgan fingerprint density at radius 2 is 1.46 bits per heavy atom. The molecule has 0 unspecified atom stereocenters. The van der Waals surface area contributed by atoms with Crippen LogP contribution in [-0.4, -0.2) is 11.1 Å². The van der Waals surface area contributed by atoms with E-state index < -0.39 is 5.97 Å². The second-order valence-corrected chi connectivity index (χ2v) is 7.42. The number of aliphatic carboxylic acids is 1. The van der Waals surface area contributed by atoms with Gasteiger partial charge < -0.3 is 5.11 Å². The molecule has 1 saturated carbocycles. The summed E-state index contributed by atoms with van der Waals surface area (Å²) in [4.78, 5) is 11.2. The Kier molecular flexibility index (Phi) is 4.94. The fourth-order valence-electron chi connectivity index (χ4n) is 4.01. The third kappa shape index (κ3) is 3.55. The fourth-order valence-corrected chi connectivity index (χ4v) is 4.01. The average molecular weight is 356 g/mol. The lowest BCUT2D eigenvalue weighted by molar-refractivity contribution is -0.138. The molecule has 0 radical (unpaired) electrons. The van der Waals surface area contributed by atoms with Gasteiger partial charge in [-0.15, -0.1) is 0 Å². The molecule has 0 aliphatic heterocycles. The summed E-state index contributed by atoms with van der Waals surface area (Å²) in [7, 11) is 0. The Morgan fingerprint density at radius 3 is 1.88 bits per heavy atom. The minimum atomic E-state index is -0.797. The Balaban J connectivity index is 2.16. The molecule has 1 aliphatic carbocycles. The van der Waals surface area contributed by atoms with Crippen molar-refractivity contribution < 1.29 is 18.7 Å². The molecule has 1 fully saturated rings. The molecule has 0 saturated heterocycles. The van der Waals surface area contributed by atoms with Gasteiger partial charge in [0.05, 0.1) is 0 Å². The van der Waals surface area contributed by atoms with E-state index in [9.17, 15) is 18.7 Å². The number of benzene rings is 2. The van der Waals surface area contributed by atoms with Gasteiger partial charge in [-0.1, -0.05) is 43.7 Å². The van der Waals surface area contributed by atoms with Gasteiger partial charge in [-0.3, -0.25) is 4.79 Å². The highest BCUT2D eigenvalue weighted by molar-refractivity contribution is 5.83. The van der Waals surface area contributed by atoms with Gasteiger partial charge in [-0.05, 0) is 65.1 Å². The van der Waals surface area contributed by atoms with Crippen LogP contribution < -0.4 is 0 Å². The monoisotopic (exact) mass is 356 g/mol. The van der Waals surface area contributed by atoms with Crippen molar-refractivity contribution in [1.29, 1.82) is 0 Å². The molecule has 2 aromatic rings. The topological polar surface area (TPSA) is 37.3 Å². The number of halogens is 2. The summed E-state index contributed by atoms with van der Waals surface area (Å²) in [5, 5.41) is 9.23. The second-order valence-electron chi connectivity index (χ2n) is 7.42. The van der Waals surface area contributed by atoms with Gasteiger partial charge in [0.2, 0.25) is 0 Å². The summed E-state index contributed by atoms with van der Waals surface area (Å²) in [6.45, 7) is 4.13. The van der Waals surface area contributed by atoms with Crippen molar-refractivity contribution in [2.45, 2.75) is 33.1 Å². The third-order valence-electron chi connectivity index (χ3n) is 5.53. The summed E-state index contributed by atoms with van der Waals surface area (Å²) in [6, 6.07) is 12.5. The highest BCUT2D eigenvalue weighted by Crippen LogP contribution is 2.52. The van der Waals surface area contributed by atoms with E-state index in [1.165, 1.54) is 24.3 Å². The van der Waals surface area contributed by atoms with Crippen LogP contribution in [0.1, 0.15) is 44.2 Å². The van der Waals surface area contributed by atoms with E-state index in [1.54, 1.807) is 24.3 Å². The Labute approximate surface area is 152 Å². The molecule has 0 aromatic heterocycles. The van der Waals surface area contributed by atoms with E-state index in [1.807, 2.05) is 0 Å². The maximum absolute atomic E-state index is 13.4. The summed E-state index contributed by atoms with van der Waals surface area (Å²) in [5.74, 6) is -1.39. The van der Waals surface area contributed by atoms with Crippen LogP contribution in [0.3, 0.4) is 0 Å². The van der Waals surface area contributed by atoms with E-state index in [2.05, 4.69) is 13.8 Å². The van der Waals surface area contributed by atoms with Crippen molar-refractivity contribution in [3.63, 3.8) is 0 Å². The minimum absolute atomic E-state index is 0.0332. The molecule has 0 bridgehead atoms. The molecule has 26 heavy (non-hydrogen) atoms. The van der Waals surface area contributed by atoms with Gasteiger partial charge in [-0.2, -0.15) is 0 Å². The first-order chi connectivity index (χ1) is 12.3. The molecule has 1 atom stereocenters. The molecule has 3 rings (SSSR count). The predicted molar refractivity (Wildman–Crippen MR) is 97.6 cm³/mol. The molecule has 4 heteroatoms. The molecule has 1 N–H and O–H groups in total. The van der Waals surface area contributed by atoms with E-state index in [0.717, 1.165) is 35.1 Å². The van der Waals surface area contributed by atoms with Crippen molar-refractivity contribution in [3.8, 4) is 0 Å². The third-order valence-corrected chi connectivity index (χ3v) is 5.53. The highest BCUT2D eigenvalue weighted by atomic mass is 19.1. The number of carbonyl (C=O) groups is 1. The Morgan fingerprint density at radius 1 is 1.00 bits per heavy atom. The van der Waals surface area contributed by atoms with E-state index in [-0.39, 0.29) is 29.4 Å². The highest BCUT2D eigenvalue weighted by Gasteiger charge is 2.41. The summed E-state index contributed by atoms with van der Waals surface area (Å²) in [6.07, 6.45) is 1.69. The normalized spacial score (nSPS) is 18.8. The molecular formula is C22H22F2O2. The second kappa shape index (κ2) is 7.02. The zero-order chi connectivity index (χ0) is 18.9. The van der Waals surface area contributed by atoms with Crippen LogP contribution >= 0.6 is 0 Å².